The molecule has 5 heterocycles. The molecule has 9 heteroatoms. The minimum absolute atomic E-state index is 0.497. The summed E-state index contributed by atoms with van der Waals surface area (Å²) in [5.41, 5.74) is 1.82. The quantitative estimate of drug-likeness (QED) is 0.663. The minimum atomic E-state index is 0.497. The Morgan fingerprint density at radius 3 is 2.82 bits per heavy atom. The summed E-state index contributed by atoms with van der Waals surface area (Å²) in [7, 11) is 0. The molecule has 2 fully saturated rings. The Hall–Kier alpha value is -3.12. The summed E-state index contributed by atoms with van der Waals surface area (Å²) >= 11 is 0. The van der Waals surface area contributed by atoms with Gasteiger partial charge in [0.25, 0.3) is 0 Å². The number of nitrogens with one attached hydrogen (secondary N) is 2. The van der Waals surface area contributed by atoms with Crippen molar-refractivity contribution in [1.82, 2.24) is 29.7 Å². The summed E-state index contributed by atoms with van der Waals surface area (Å²) in [6.45, 7) is 12.3. The van der Waals surface area contributed by atoms with Gasteiger partial charge in [-0.05, 0) is 31.9 Å². The fourth-order valence-corrected chi connectivity index (χ4v) is 4.42. The van der Waals surface area contributed by atoms with Crippen LogP contribution >= 0.6 is 0 Å². The maximum atomic E-state index is 7.06. The molecule has 2 bridgehead atoms. The molecule has 0 aliphatic carbocycles. The molecule has 0 radical (unpaired) electrons. The molecule has 0 aromatic carbocycles. The Morgan fingerprint density at radius 1 is 1.29 bits per heavy atom. The van der Waals surface area contributed by atoms with Gasteiger partial charge in [0.2, 0.25) is 12.5 Å². The molecule has 2 atom stereocenters. The molecule has 3 aromatic heterocycles. The van der Waals surface area contributed by atoms with Gasteiger partial charge in [0, 0.05) is 36.9 Å². The SMILES string of the molecule is [C-]#[N+]CCN1[C@@H]2CC[C@H]1CN(c1nc3cccc(Nc4cc(C)[nH]n4)n3n1)C2. The molecule has 3 aromatic rings. The third kappa shape index (κ3) is 2.96. The van der Waals surface area contributed by atoms with Gasteiger partial charge in [-0.25, -0.2) is 6.57 Å². The van der Waals surface area contributed by atoms with Crippen LogP contribution in [0.4, 0.5) is 17.6 Å². The Bertz CT molecular complexity index is 1020. The second kappa shape index (κ2) is 6.80. The molecule has 0 saturated carbocycles. The van der Waals surface area contributed by atoms with Gasteiger partial charge < -0.3 is 15.1 Å². The van der Waals surface area contributed by atoms with E-state index in [-0.39, 0.29) is 0 Å². The number of H-pyrrole nitrogens is 1. The van der Waals surface area contributed by atoms with E-state index >= 15 is 0 Å². The first-order valence-corrected chi connectivity index (χ1v) is 9.70. The molecule has 9 nitrogen and oxygen atoms in total. The molecule has 0 amide bonds. The molecule has 0 spiro atoms. The molecule has 28 heavy (non-hydrogen) atoms. The van der Waals surface area contributed by atoms with Crippen LogP contribution in [-0.2, 0) is 0 Å². The zero-order valence-corrected chi connectivity index (χ0v) is 15.8. The van der Waals surface area contributed by atoms with Crippen molar-refractivity contribution >= 4 is 23.2 Å². The normalized spacial score (nSPS) is 21.9. The fraction of sp³-hybridized carbons (Fsp3) is 0.474. The number of hydrogen-bond acceptors (Lipinski definition) is 6. The fourth-order valence-electron chi connectivity index (χ4n) is 4.42. The molecule has 2 saturated heterocycles. The van der Waals surface area contributed by atoms with E-state index in [0.717, 1.165) is 48.6 Å². The van der Waals surface area contributed by atoms with E-state index in [1.807, 2.05) is 35.7 Å². The van der Waals surface area contributed by atoms with Gasteiger partial charge in [-0.15, -0.1) is 5.10 Å². The van der Waals surface area contributed by atoms with E-state index in [9.17, 15) is 0 Å². The first-order chi connectivity index (χ1) is 13.7. The highest BCUT2D eigenvalue weighted by atomic mass is 15.4. The molecular formula is C19H23N9. The van der Waals surface area contributed by atoms with Gasteiger partial charge in [0.05, 0.1) is 6.54 Å². The first-order valence-electron chi connectivity index (χ1n) is 9.70. The minimum Gasteiger partial charge on any atom is -0.336 e. The number of nitrogens with zero attached hydrogens (tertiary/aromatic N) is 7. The van der Waals surface area contributed by atoms with E-state index in [0.29, 0.717) is 18.6 Å². The number of piperazine rings is 1. The number of aryl methyl sites for hydroxylation is 1. The van der Waals surface area contributed by atoms with Crippen molar-refractivity contribution in [2.75, 3.05) is 36.4 Å². The Balaban J connectivity index is 1.39. The number of fused-ring (bicyclic) bond motifs is 3. The lowest BCUT2D eigenvalue weighted by Gasteiger charge is -2.39. The van der Waals surface area contributed by atoms with Crippen LogP contribution in [0, 0.1) is 13.5 Å². The van der Waals surface area contributed by atoms with Gasteiger partial charge in [0.1, 0.15) is 5.82 Å². The average Bonchev–Trinajstić information content (AvgIpc) is 3.36. The molecule has 2 N–H and O–H groups in total. The zero-order valence-electron chi connectivity index (χ0n) is 15.8. The topological polar surface area (TPSA) is 81.7 Å². The van der Waals surface area contributed by atoms with Crippen LogP contribution in [0.25, 0.3) is 10.5 Å². The van der Waals surface area contributed by atoms with Crippen molar-refractivity contribution in [1.29, 1.82) is 0 Å². The Kier molecular flexibility index (Phi) is 4.13. The molecule has 2 aliphatic rings. The summed E-state index contributed by atoms with van der Waals surface area (Å²) in [6.07, 6.45) is 2.38. The predicted molar refractivity (Wildman–Crippen MR) is 107 cm³/mol. The molecule has 5 rings (SSSR count). The lowest BCUT2D eigenvalue weighted by atomic mass is 10.2. The standard InChI is InChI=1S/C19H23N9/c1-13-10-16(24-23-13)21-17-4-3-5-18-22-19(25-28(17)18)26-11-14-6-7-15(12-26)27(14)9-8-20-2/h3-5,10,14-15H,6-9,11-12H2,1H3,(H2,21,23,24)/t14-,15+. The largest absolute Gasteiger partial charge is 0.336 e. The second-order valence-corrected chi connectivity index (χ2v) is 7.56. The summed E-state index contributed by atoms with van der Waals surface area (Å²) in [5.74, 6) is 2.36. The number of pyridine rings is 1. The number of aromatic nitrogens is 5. The van der Waals surface area contributed by atoms with Gasteiger partial charge in [-0.3, -0.25) is 10.00 Å². The third-order valence-electron chi connectivity index (χ3n) is 5.70. The maximum absolute atomic E-state index is 7.06. The average molecular weight is 377 g/mol. The van der Waals surface area contributed by atoms with Crippen molar-refractivity contribution in [2.45, 2.75) is 31.8 Å². The number of aromatic amines is 1. The van der Waals surface area contributed by atoms with E-state index < -0.39 is 0 Å². The van der Waals surface area contributed by atoms with E-state index in [4.69, 9.17) is 16.7 Å². The molecule has 144 valence electrons. The Morgan fingerprint density at radius 2 is 2.11 bits per heavy atom. The lowest BCUT2D eigenvalue weighted by Crippen LogP contribution is -2.54. The highest BCUT2D eigenvalue weighted by Gasteiger charge is 2.40. The van der Waals surface area contributed by atoms with Crippen LogP contribution in [0.5, 0.6) is 0 Å². The van der Waals surface area contributed by atoms with E-state index in [1.54, 1.807) is 0 Å². The van der Waals surface area contributed by atoms with Crippen LogP contribution in [-0.4, -0.2) is 68.0 Å². The summed E-state index contributed by atoms with van der Waals surface area (Å²) in [6, 6.07) is 8.87. The van der Waals surface area contributed by atoms with Gasteiger partial charge in [0.15, 0.2) is 11.5 Å². The van der Waals surface area contributed by atoms with Crippen molar-refractivity contribution < 1.29 is 0 Å². The van der Waals surface area contributed by atoms with E-state index in [1.165, 1.54) is 12.8 Å². The highest BCUT2D eigenvalue weighted by molar-refractivity contribution is 5.58. The molecule has 0 unspecified atom stereocenters. The number of hydrogen-bond donors (Lipinski definition) is 2. The monoisotopic (exact) mass is 377 g/mol. The summed E-state index contributed by atoms with van der Waals surface area (Å²) in [5, 5.41) is 15.3. The van der Waals surface area contributed by atoms with Crippen molar-refractivity contribution in [3.63, 3.8) is 0 Å². The van der Waals surface area contributed by atoms with Crippen LogP contribution in [0.3, 0.4) is 0 Å². The van der Waals surface area contributed by atoms with Crippen molar-refractivity contribution in [3.8, 4) is 0 Å². The smallest absolute Gasteiger partial charge is 0.245 e. The van der Waals surface area contributed by atoms with E-state index in [2.05, 4.69) is 30.2 Å². The van der Waals surface area contributed by atoms with Crippen LogP contribution in [0.15, 0.2) is 24.3 Å². The zero-order chi connectivity index (χ0) is 19.1. The van der Waals surface area contributed by atoms with Crippen molar-refractivity contribution in [3.05, 3.63) is 41.4 Å². The summed E-state index contributed by atoms with van der Waals surface area (Å²) in [4.78, 5) is 13.1. The van der Waals surface area contributed by atoms with Crippen LogP contribution in [0.1, 0.15) is 18.5 Å². The van der Waals surface area contributed by atoms with Crippen LogP contribution < -0.4 is 10.2 Å². The molecule has 2 aliphatic heterocycles. The predicted octanol–water partition coefficient (Wildman–Crippen LogP) is 2.08. The number of rotatable bonds is 5. The van der Waals surface area contributed by atoms with Crippen LogP contribution in [0.2, 0.25) is 0 Å². The third-order valence-corrected chi connectivity index (χ3v) is 5.70. The Labute approximate surface area is 163 Å². The lowest BCUT2D eigenvalue weighted by molar-refractivity contribution is 0.176. The maximum Gasteiger partial charge on any atom is 0.245 e. The van der Waals surface area contributed by atoms with Crippen molar-refractivity contribution in [2.24, 2.45) is 0 Å². The van der Waals surface area contributed by atoms with Gasteiger partial charge in [-0.2, -0.15) is 14.6 Å². The first kappa shape index (κ1) is 17.0. The second-order valence-electron chi connectivity index (χ2n) is 7.56. The number of anilines is 3. The highest BCUT2D eigenvalue weighted by Crippen LogP contribution is 2.31. The molecular weight excluding hydrogens is 354 g/mol. The van der Waals surface area contributed by atoms with Gasteiger partial charge in [-0.1, -0.05) is 6.07 Å². The van der Waals surface area contributed by atoms with Gasteiger partial charge >= 0.3 is 0 Å². The summed E-state index contributed by atoms with van der Waals surface area (Å²) < 4.78 is 1.84.